The Morgan fingerprint density at radius 3 is 2.24 bits per heavy atom. The van der Waals surface area contributed by atoms with E-state index >= 15 is 0 Å². The maximum absolute atomic E-state index is 10.8. The fourth-order valence-electron chi connectivity index (χ4n) is 1.87. The van der Waals surface area contributed by atoms with Gasteiger partial charge in [0.25, 0.3) is 0 Å². The SMILES string of the molecule is Cc1cc(C(C)(C)CC(=O)O)c(O)c(O)c1C. The lowest BCUT2D eigenvalue weighted by atomic mass is 9.79. The van der Waals surface area contributed by atoms with E-state index in [2.05, 4.69) is 0 Å². The minimum atomic E-state index is -0.938. The normalized spacial score (nSPS) is 11.5. The molecule has 4 heteroatoms. The van der Waals surface area contributed by atoms with Crippen molar-refractivity contribution in [2.24, 2.45) is 0 Å². The van der Waals surface area contributed by atoms with E-state index in [-0.39, 0.29) is 17.9 Å². The number of carboxylic acid groups (broad SMARTS) is 1. The highest BCUT2D eigenvalue weighted by molar-refractivity contribution is 5.70. The molecule has 0 atom stereocenters. The molecule has 3 N–H and O–H groups in total. The van der Waals surface area contributed by atoms with Gasteiger partial charge in [0.1, 0.15) is 0 Å². The molecule has 0 radical (unpaired) electrons. The summed E-state index contributed by atoms with van der Waals surface area (Å²) in [6.45, 7) is 6.97. The molecule has 0 amide bonds. The van der Waals surface area contributed by atoms with Crippen molar-refractivity contribution in [3.63, 3.8) is 0 Å². The monoisotopic (exact) mass is 238 g/mol. The topological polar surface area (TPSA) is 77.8 Å². The quantitative estimate of drug-likeness (QED) is 0.707. The third-order valence-electron chi connectivity index (χ3n) is 3.11. The molecule has 0 heterocycles. The molecular weight excluding hydrogens is 220 g/mol. The van der Waals surface area contributed by atoms with Gasteiger partial charge in [-0.15, -0.1) is 0 Å². The Labute approximate surface area is 101 Å². The van der Waals surface area contributed by atoms with E-state index < -0.39 is 11.4 Å². The van der Waals surface area contributed by atoms with Crippen LogP contribution in [-0.4, -0.2) is 21.3 Å². The highest BCUT2D eigenvalue weighted by Gasteiger charge is 2.29. The number of phenolic OH excluding ortho intramolecular Hbond substituents is 2. The molecule has 1 rings (SSSR count). The molecule has 17 heavy (non-hydrogen) atoms. The van der Waals surface area contributed by atoms with Gasteiger partial charge in [0.15, 0.2) is 11.5 Å². The summed E-state index contributed by atoms with van der Waals surface area (Å²) in [5.74, 6) is -1.33. The smallest absolute Gasteiger partial charge is 0.304 e. The summed E-state index contributed by atoms with van der Waals surface area (Å²) >= 11 is 0. The number of hydrogen-bond donors (Lipinski definition) is 3. The van der Waals surface area contributed by atoms with Gasteiger partial charge in [-0.05, 0) is 25.0 Å². The van der Waals surface area contributed by atoms with Crippen LogP contribution in [0.3, 0.4) is 0 Å². The van der Waals surface area contributed by atoms with Crippen molar-refractivity contribution in [3.8, 4) is 11.5 Å². The van der Waals surface area contributed by atoms with Crippen LogP contribution >= 0.6 is 0 Å². The van der Waals surface area contributed by atoms with E-state index in [0.717, 1.165) is 5.56 Å². The number of hydrogen-bond acceptors (Lipinski definition) is 3. The zero-order chi connectivity index (χ0) is 13.4. The largest absolute Gasteiger partial charge is 0.504 e. The predicted molar refractivity (Wildman–Crippen MR) is 64.5 cm³/mol. The van der Waals surface area contributed by atoms with E-state index in [1.165, 1.54) is 0 Å². The second kappa shape index (κ2) is 4.28. The highest BCUT2D eigenvalue weighted by atomic mass is 16.4. The Kier molecular flexibility index (Phi) is 3.36. The minimum absolute atomic E-state index is 0.109. The zero-order valence-corrected chi connectivity index (χ0v) is 10.5. The first kappa shape index (κ1) is 13.4. The van der Waals surface area contributed by atoms with Gasteiger partial charge in [-0.25, -0.2) is 0 Å². The summed E-state index contributed by atoms with van der Waals surface area (Å²) in [6, 6.07) is 1.73. The van der Waals surface area contributed by atoms with Gasteiger partial charge in [-0.1, -0.05) is 19.9 Å². The van der Waals surface area contributed by atoms with Gasteiger partial charge in [-0.2, -0.15) is 0 Å². The van der Waals surface area contributed by atoms with Crippen molar-refractivity contribution in [2.75, 3.05) is 0 Å². The van der Waals surface area contributed by atoms with Crippen LogP contribution in [0, 0.1) is 13.8 Å². The van der Waals surface area contributed by atoms with Gasteiger partial charge in [0.05, 0.1) is 6.42 Å². The summed E-state index contributed by atoms with van der Waals surface area (Å²) in [5, 5.41) is 28.5. The molecule has 1 aromatic carbocycles. The second-order valence-electron chi connectivity index (χ2n) is 5.02. The molecule has 0 aromatic heterocycles. The molecular formula is C13H18O4. The molecule has 0 aliphatic carbocycles. The standard InChI is InChI=1S/C13H18O4/c1-7-5-9(12(17)11(16)8(7)2)13(3,4)6-10(14)15/h5,16-17H,6H2,1-4H3,(H,14,15). The Hall–Kier alpha value is -1.71. The summed E-state index contributed by atoms with van der Waals surface area (Å²) in [4.78, 5) is 10.8. The first-order valence-corrected chi connectivity index (χ1v) is 5.41. The highest BCUT2D eigenvalue weighted by Crippen LogP contribution is 2.42. The lowest BCUT2D eigenvalue weighted by Crippen LogP contribution is -2.22. The van der Waals surface area contributed by atoms with Gasteiger partial charge in [0.2, 0.25) is 0 Å². The average Bonchev–Trinajstić information content (AvgIpc) is 2.18. The van der Waals surface area contributed by atoms with Crippen LogP contribution in [0.5, 0.6) is 11.5 Å². The van der Waals surface area contributed by atoms with Crippen molar-refractivity contribution >= 4 is 5.97 Å². The molecule has 4 nitrogen and oxygen atoms in total. The Morgan fingerprint density at radius 2 is 1.76 bits per heavy atom. The molecule has 0 aliphatic rings. The molecule has 94 valence electrons. The molecule has 1 aromatic rings. The molecule has 0 aliphatic heterocycles. The first-order chi connectivity index (χ1) is 7.66. The van der Waals surface area contributed by atoms with Gasteiger partial charge in [0, 0.05) is 11.0 Å². The summed E-state index contributed by atoms with van der Waals surface area (Å²) in [6.07, 6.45) is -0.109. The van der Waals surface area contributed by atoms with Crippen LogP contribution in [0.25, 0.3) is 0 Å². The van der Waals surface area contributed by atoms with Crippen LogP contribution in [0.15, 0.2) is 6.07 Å². The Balaban J connectivity index is 3.37. The number of carboxylic acids is 1. The molecule has 0 bridgehead atoms. The fourth-order valence-corrected chi connectivity index (χ4v) is 1.87. The Morgan fingerprint density at radius 1 is 1.24 bits per heavy atom. The van der Waals surface area contributed by atoms with Crippen molar-refractivity contribution in [2.45, 2.75) is 39.5 Å². The summed E-state index contributed by atoms with van der Waals surface area (Å²) in [5.41, 5.74) is 1.16. The van der Waals surface area contributed by atoms with Gasteiger partial charge < -0.3 is 15.3 Å². The van der Waals surface area contributed by atoms with Crippen molar-refractivity contribution in [1.29, 1.82) is 0 Å². The third kappa shape index (κ3) is 2.52. The van der Waals surface area contributed by atoms with Gasteiger partial charge >= 0.3 is 5.97 Å². The van der Waals surface area contributed by atoms with E-state index in [4.69, 9.17) is 5.11 Å². The van der Waals surface area contributed by atoms with Crippen molar-refractivity contribution < 1.29 is 20.1 Å². The lowest BCUT2D eigenvalue weighted by molar-refractivity contribution is -0.138. The zero-order valence-electron chi connectivity index (χ0n) is 10.5. The van der Waals surface area contributed by atoms with E-state index in [9.17, 15) is 15.0 Å². The number of aromatic hydroxyl groups is 2. The summed E-state index contributed by atoms with van der Waals surface area (Å²) in [7, 11) is 0. The van der Waals surface area contributed by atoms with Crippen LogP contribution in [-0.2, 0) is 10.2 Å². The number of phenols is 2. The molecule has 0 saturated carbocycles. The molecule has 0 unspecified atom stereocenters. The molecule has 0 saturated heterocycles. The second-order valence-corrected chi connectivity index (χ2v) is 5.02. The summed E-state index contributed by atoms with van der Waals surface area (Å²) < 4.78 is 0. The van der Waals surface area contributed by atoms with Crippen molar-refractivity contribution in [3.05, 3.63) is 22.8 Å². The maximum atomic E-state index is 10.8. The number of aliphatic carboxylic acids is 1. The first-order valence-electron chi connectivity index (χ1n) is 5.41. The van der Waals surface area contributed by atoms with Crippen LogP contribution in [0.4, 0.5) is 0 Å². The predicted octanol–water partition coefficient (Wildman–Crippen LogP) is 2.47. The lowest BCUT2D eigenvalue weighted by Gasteiger charge is -2.25. The van der Waals surface area contributed by atoms with E-state index in [0.29, 0.717) is 11.1 Å². The number of benzene rings is 1. The number of carbonyl (C=O) groups is 1. The van der Waals surface area contributed by atoms with Crippen LogP contribution in [0.1, 0.15) is 37.0 Å². The fraction of sp³-hybridized carbons (Fsp3) is 0.462. The number of rotatable bonds is 3. The maximum Gasteiger partial charge on any atom is 0.304 e. The van der Waals surface area contributed by atoms with E-state index in [1.54, 1.807) is 26.8 Å². The molecule has 0 spiro atoms. The van der Waals surface area contributed by atoms with Crippen LogP contribution < -0.4 is 0 Å². The average molecular weight is 238 g/mol. The number of aryl methyl sites for hydroxylation is 1. The van der Waals surface area contributed by atoms with E-state index in [1.807, 2.05) is 6.92 Å². The molecule has 0 fully saturated rings. The Bertz CT molecular complexity index is 461. The third-order valence-corrected chi connectivity index (χ3v) is 3.11. The minimum Gasteiger partial charge on any atom is -0.504 e. The van der Waals surface area contributed by atoms with Crippen molar-refractivity contribution in [1.82, 2.24) is 0 Å². The van der Waals surface area contributed by atoms with Gasteiger partial charge in [-0.3, -0.25) is 4.79 Å². The van der Waals surface area contributed by atoms with Crippen LogP contribution in [0.2, 0.25) is 0 Å².